The predicted molar refractivity (Wildman–Crippen MR) is 146 cm³/mol. The Morgan fingerprint density at radius 2 is 1.97 bits per heavy atom. The number of halogens is 1. The molecule has 0 amide bonds. The molecule has 1 saturated carbocycles. The molecule has 5 nitrogen and oxygen atoms in total. The molecule has 1 aliphatic carbocycles. The van der Waals surface area contributed by atoms with Crippen molar-refractivity contribution in [3.8, 4) is 6.07 Å². The summed E-state index contributed by atoms with van der Waals surface area (Å²) in [5, 5.41) is 9.00. The van der Waals surface area contributed by atoms with Crippen molar-refractivity contribution in [2.45, 2.75) is 72.6 Å². The number of aryl methyl sites for hydroxylation is 1. The maximum atomic E-state index is 10.0. The van der Waals surface area contributed by atoms with Crippen molar-refractivity contribution >= 4 is 24.1 Å². The van der Waals surface area contributed by atoms with E-state index in [1.165, 1.54) is 64.2 Å². The summed E-state index contributed by atoms with van der Waals surface area (Å²) in [5.74, 6) is 2.04. The van der Waals surface area contributed by atoms with Gasteiger partial charge in [0.25, 0.3) is 0 Å². The molecule has 0 aromatic heterocycles. The van der Waals surface area contributed by atoms with Crippen LogP contribution in [0.4, 0.5) is 0 Å². The number of nitriles is 1. The van der Waals surface area contributed by atoms with E-state index in [9.17, 15) is 4.79 Å². The van der Waals surface area contributed by atoms with Gasteiger partial charge in [0.1, 0.15) is 6.07 Å². The van der Waals surface area contributed by atoms with Crippen LogP contribution in [0.15, 0.2) is 35.0 Å². The Hall–Kier alpha value is -2.00. The lowest BCUT2D eigenvalue weighted by Crippen LogP contribution is -2.12. The fourth-order valence-electron chi connectivity index (χ4n) is 3.79. The molecule has 34 heavy (non-hydrogen) atoms. The van der Waals surface area contributed by atoms with Crippen molar-refractivity contribution in [3.05, 3.63) is 46.1 Å². The third-order valence-corrected chi connectivity index (χ3v) is 6.25. The first-order valence-corrected chi connectivity index (χ1v) is 12.9. The third kappa shape index (κ3) is 15.8. The summed E-state index contributed by atoms with van der Waals surface area (Å²) in [6.07, 6.45) is 14.1. The Bertz CT molecular complexity index is 771. The number of aliphatic imine (C=N–C) groups is 1. The van der Waals surface area contributed by atoms with Crippen molar-refractivity contribution in [2.24, 2.45) is 22.6 Å². The van der Waals surface area contributed by atoms with Crippen molar-refractivity contribution < 1.29 is 4.79 Å². The Balaban J connectivity index is 0.000000430. The van der Waals surface area contributed by atoms with Crippen molar-refractivity contribution in [1.29, 1.82) is 5.26 Å². The second-order valence-electron chi connectivity index (χ2n) is 9.04. The quantitative estimate of drug-likeness (QED) is 0.295. The number of carbonyl (C=O) groups is 1. The number of nitrogens with zero attached hydrogens (tertiary/aromatic N) is 3. The number of allylic oxidation sites excluding steroid dienone is 2. The fraction of sp³-hybridized carbons (Fsp3) is 0.607. The Labute approximate surface area is 213 Å². The molecule has 2 N–H and O–H groups in total. The van der Waals surface area contributed by atoms with Gasteiger partial charge in [-0.05, 0) is 63.4 Å². The van der Waals surface area contributed by atoms with Gasteiger partial charge in [0.2, 0.25) is 0 Å². The molecular weight excluding hydrogens is 444 g/mol. The van der Waals surface area contributed by atoms with E-state index < -0.39 is 0 Å². The van der Waals surface area contributed by atoms with Gasteiger partial charge >= 0.3 is 0 Å². The van der Waals surface area contributed by atoms with Gasteiger partial charge in [-0.25, -0.2) is 0 Å². The van der Waals surface area contributed by atoms with Gasteiger partial charge in [0.05, 0.1) is 16.3 Å². The molecule has 0 radical (unpaired) electrons. The van der Waals surface area contributed by atoms with E-state index in [1.54, 1.807) is 25.1 Å². The molecule has 3 rings (SSSR count). The smallest absolute Gasteiger partial charge is 0.168 e. The Morgan fingerprint density at radius 1 is 1.29 bits per heavy atom. The summed E-state index contributed by atoms with van der Waals surface area (Å²) in [7, 11) is 2.18. The number of carbonyl (C=O) groups excluding carboxylic acids is 1. The van der Waals surface area contributed by atoms with Crippen LogP contribution in [0.5, 0.6) is 0 Å². The summed E-state index contributed by atoms with van der Waals surface area (Å²) in [6.45, 7) is 11.3. The van der Waals surface area contributed by atoms with E-state index in [2.05, 4.69) is 30.8 Å². The first kappa shape index (κ1) is 32.0. The maximum absolute atomic E-state index is 10.0. The van der Waals surface area contributed by atoms with E-state index in [0.717, 1.165) is 17.4 Å². The zero-order valence-electron chi connectivity index (χ0n) is 21.9. The van der Waals surface area contributed by atoms with Gasteiger partial charge in [0.15, 0.2) is 6.29 Å². The third-order valence-electron chi connectivity index (χ3n) is 5.94. The zero-order valence-corrected chi connectivity index (χ0v) is 22.7. The number of benzene rings is 1. The van der Waals surface area contributed by atoms with Gasteiger partial charge in [-0.1, -0.05) is 76.1 Å². The summed E-state index contributed by atoms with van der Waals surface area (Å²) in [4.78, 5) is 16.1. The Morgan fingerprint density at radius 3 is 2.32 bits per heavy atom. The number of aldehydes is 1. The first-order valence-electron chi connectivity index (χ1n) is 12.5. The van der Waals surface area contributed by atoms with Crippen LogP contribution >= 0.6 is 11.6 Å². The van der Waals surface area contributed by atoms with Crippen molar-refractivity contribution in [3.63, 3.8) is 0 Å². The van der Waals surface area contributed by atoms with Gasteiger partial charge in [-0.3, -0.25) is 9.79 Å². The van der Waals surface area contributed by atoms with Gasteiger partial charge in [-0.2, -0.15) is 5.26 Å². The molecule has 1 aliphatic heterocycles. The number of rotatable bonds is 4. The lowest BCUT2D eigenvalue weighted by molar-refractivity contribution is -0.104. The molecule has 6 heteroatoms. The zero-order chi connectivity index (χ0) is 25.8. The molecule has 1 heterocycles. The standard InChI is InChI=1S/C8H6ClN.C8H16.C6H10N2O.C6H13N/c1-6-2-3-7(5-10)8(9)4-6;1-2-8-6-4-3-5-7-8;1-2-6(5-9)8-4-3-7;1-6-3-4-7(2)5-6/h2-4H,1H3;8H,2-7H2,1H3;2,4-5H,3,7H2,1H3;6H,3-5H2,1-2H3/b;;6-2-,8-4?;. The van der Waals surface area contributed by atoms with Gasteiger partial charge in [0, 0.05) is 19.3 Å². The van der Waals surface area contributed by atoms with Crippen LogP contribution in [0, 0.1) is 30.1 Å². The average Bonchev–Trinajstić information content (AvgIpc) is 3.24. The van der Waals surface area contributed by atoms with Crippen molar-refractivity contribution in [2.75, 3.05) is 26.7 Å². The van der Waals surface area contributed by atoms with Crippen LogP contribution in [0.1, 0.15) is 76.8 Å². The minimum atomic E-state index is 0.366. The summed E-state index contributed by atoms with van der Waals surface area (Å²) in [6, 6.07) is 7.35. The van der Waals surface area contributed by atoms with E-state index >= 15 is 0 Å². The maximum Gasteiger partial charge on any atom is 0.168 e. The van der Waals surface area contributed by atoms with Crippen molar-refractivity contribution in [1.82, 2.24) is 4.90 Å². The predicted octanol–water partition coefficient (Wildman–Crippen LogP) is 6.57. The van der Waals surface area contributed by atoms with Gasteiger partial charge in [-0.15, -0.1) is 0 Å². The van der Waals surface area contributed by atoms with Crippen LogP contribution in [-0.4, -0.2) is 44.1 Å². The van der Waals surface area contributed by atoms with Crippen LogP contribution in [0.3, 0.4) is 0 Å². The highest BCUT2D eigenvalue weighted by atomic mass is 35.5. The normalized spacial score (nSPS) is 18.5. The number of likely N-dealkylation sites (tertiary alicyclic amines) is 1. The van der Waals surface area contributed by atoms with E-state index in [0.29, 0.717) is 29.1 Å². The number of nitrogens with two attached hydrogens (primary N) is 1. The van der Waals surface area contributed by atoms with E-state index in [-0.39, 0.29) is 0 Å². The van der Waals surface area contributed by atoms with Crippen LogP contribution in [0.2, 0.25) is 5.02 Å². The van der Waals surface area contributed by atoms with Crippen LogP contribution < -0.4 is 5.73 Å². The van der Waals surface area contributed by atoms with Gasteiger partial charge < -0.3 is 10.6 Å². The largest absolute Gasteiger partial charge is 0.326 e. The highest BCUT2D eigenvalue weighted by Crippen LogP contribution is 2.25. The molecular formula is C28H45ClN4O. The molecule has 0 spiro atoms. The fourth-order valence-corrected chi connectivity index (χ4v) is 4.07. The first-order chi connectivity index (χ1) is 16.3. The molecule has 2 aliphatic rings. The number of hydrogen-bond acceptors (Lipinski definition) is 5. The molecule has 2 fully saturated rings. The van der Waals surface area contributed by atoms with Crippen LogP contribution in [-0.2, 0) is 4.79 Å². The molecule has 1 atom stereocenters. The molecule has 1 saturated heterocycles. The lowest BCUT2D eigenvalue weighted by Gasteiger charge is -2.18. The monoisotopic (exact) mass is 488 g/mol. The molecule has 0 bridgehead atoms. The summed E-state index contributed by atoms with van der Waals surface area (Å²) >= 11 is 5.71. The SMILES string of the molecule is C/C=C(/C=O)N=CCN.CC1CCN(C)C1.CCC1CCCCC1.Cc1ccc(C#N)c(Cl)c1. The minimum Gasteiger partial charge on any atom is -0.326 e. The molecule has 1 aromatic rings. The second-order valence-corrected chi connectivity index (χ2v) is 9.45. The minimum absolute atomic E-state index is 0.366. The second kappa shape index (κ2) is 20.4. The molecule has 190 valence electrons. The van der Waals surface area contributed by atoms with Crippen LogP contribution in [0.25, 0.3) is 0 Å². The topological polar surface area (TPSA) is 82.5 Å². The van der Waals surface area contributed by atoms with E-state index in [1.807, 2.05) is 19.1 Å². The molecule has 1 unspecified atom stereocenters. The highest BCUT2D eigenvalue weighted by Gasteiger charge is 2.13. The molecule has 1 aromatic carbocycles. The summed E-state index contributed by atoms with van der Waals surface area (Å²) < 4.78 is 0. The summed E-state index contributed by atoms with van der Waals surface area (Å²) in [5.41, 5.74) is 7.12. The average molecular weight is 489 g/mol. The highest BCUT2D eigenvalue weighted by molar-refractivity contribution is 6.31. The number of hydrogen-bond donors (Lipinski definition) is 1. The Kier molecular flexibility index (Phi) is 19.2. The van der Waals surface area contributed by atoms with E-state index in [4.69, 9.17) is 22.6 Å². The lowest BCUT2D eigenvalue weighted by atomic mass is 9.88.